The second-order valence-corrected chi connectivity index (χ2v) is 6.50. The van der Waals surface area contributed by atoms with Crippen LogP contribution >= 0.6 is 0 Å². The first-order valence-electron chi connectivity index (χ1n) is 9.10. The van der Waals surface area contributed by atoms with E-state index < -0.39 is 5.63 Å². The zero-order valence-corrected chi connectivity index (χ0v) is 16.2. The largest absolute Gasteiger partial charge is 0.497 e. The number of hydrogen-bond donors (Lipinski definition) is 1. The zero-order valence-electron chi connectivity index (χ0n) is 16.2. The molecule has 146 valence electrons. The Bertz CT molecular complexity index is 1020. The predicted molar refractivity (Wildman–Crippen MR) is 107 cm³/mol. The van der Waals surface area contributed by atoms with E-state index in [0.29, 0.717) is 11.3 Å². The molecule has 1 amide bonds. The Balaban J connectivity index is 1.64. The number of benzene rings is 2. The molecule has 6 nitrogen and oxygen atoms in total. The van der Waals surface area contributed by atoms with Gasteiger partial charge >= 0.3 is 5.63 Å². The fourth-order valence-corrected chi connectivity index (χ4v) is 3.04. The number of fused-ring (bicyclic) bond motifs is 1. The molecule has 0 saturated heterocycles. The summed E-state index contributed by atoms with van der Waals surface area (Å²) >= 11 is 0. The summed E-state index contributed by atoms with van der Waals surface area (Å²) in [7, 11) is 1.62. The van der Waals surface area contributed by atoms with Crippen LogP contribution in [0, 0.1) is 6.92 Å². The molecule has 1 aromatic heterocycles. The van der Waals surface area contributed by atoms with Gasteiger partial charge in [0.25, 0.3) is 5.91 Å². The molecule has 2 aromatic carbocycles. The lowest BCUT2D eigenvalue weighted by Crippen LogP contribution is -2.32. The second kappa shape index (κ2) is 8.61. The van der Waals surface area contributed by atoms with Crippen molar-refractivity contribution in [2.45, 2.75) is 26.3 Å². The fourth-order valence-electron chi connectivity index (χ4n) is 3.04. The summed E-state index contributed by atoms with van der Waals surface area (Å²) < 4.78 is 15.9. The first-order valence-corrected chi connectivity index (χ1v) is 9.10. The van der Waals surface area contributed by atoms with Crippen LogP contribution in [0.4, 0.5) is 0 Å². The van der Waals surface area contributed by atoms with Gasteiger partial charge in [0.1, 0.15) is 17.1 Å². The molecule has 0 bridgehead atoms. The summed E-state index contributed by atoms with van der Waals surface area (Å²) in [5.74, 6) is 1.01. The highest BCUT2D eigenvalue weighted by atomic mass is 16.5. The van der Waals surface area contributed by atoms with Gasteiger partial charge in [-0.2, -0.15) is 0 Å². The number of rotatable bonds is 7. The maximum atomic E-state index is 12.3. The Morgan fingerprint density at radius 3 is 2.50 bits per heavy atom. The van der Waals surface area contributed by atoms with Gasteiger partial charge in [0.15, 0.2) is 6.61 Å². The fraction of sp³-hybridized carbons (Fsp3) is 0.273. The number of aryl methyl sites for hydroxylation is 1. The first kappa shape index (κ1) is 19.5. The van der Waals surface area contributed by atoms with Crippen molar-refractivity contribution >= 4 is 16.9 Å². The first-order chi connectivity index (χ1) is 13.5. The molecular weight excluding hydrogens is 358 g/mol. The van der Waals surface area contributed by atoms with E-state index in [9.17, 15) is 9.59 Å². The topological polar surface area (TPSA) is 77.8 Å². The number of carbonyl (C=O) groups excluding carboxylic acids is 1. The van der Waals surface area contributed by atoms with E-state index in [1.54, 1.807) is 19.2 Å². The molecule has 0 aliphatic carbocycles. The van der Waals surface area contributed by atoms with Crippen LogP contribution in [-0.2, 0) is 4.79 Å². The maximum absolute atomic E-state index is 12.3. The van der Waals surface area contributed by atoms with Crippen molar-refractivity contribution in [3.63, 3.8) is 0 Å². The molecular formula is C22H23NO5. The van der Waals surface area contributed by atoms with E-state index >= 15 is 0 Å². The molecule has 1 N–H and O–H groups in total. The molecule has 3 rings (SSSR count). The van der Waals surface area contributed by atoms with E-state index in [1.807, 2.05) is 44.2 Å². The summed E-state index contributed by atoms with van der Waals surface area (Å²) in [6.45, 7) is 3.72. The molecule has 0 aliphatic heterocycles. The van der Waals surface area contributed by atoms with Gasteiger partial charge in [-0.1, -0.05) is 19.1 Å². The molecule has 0 fully saturated rings. The molecule has 0 unspecified atom stereocenters. The number of nitrogens with one attached hydrogen (secondary N) is 1. The van der Waals surface area contributed by atoms with E-state index in [-0.39, 0.29) is 18.6 Å². The van der Waals surface area contributed by atoms with Gasteiger partial charge in [-0.05, 0) is 48.7 Å². The third-order valence-corrected chi connectivity index (χ3v) is 4.55. The molecule has 28 heavy (non-hydrogen) atoms. The van der Waals surface area contributed by atoms with Crippen LogP contribution in [0.15, 0.2) is 57.7 Å². The molecule has 0 saturated carbocycles. The van der Waals surface area contributed by atoms with Crippen LogP contribution < -0.4 is 20.4 Å². The highest BCUT2D eigenvalue weighted by Gasteiger charge is 2.14. The number of ether oxygens (including phenoxy) is 2. The van der Waals surface area contributed by atoms with Crippen LogP contribution in [0.3, 0.4) is 0 Å². The SMILES string of the molecule is CC[C@H](NC(=O)COc1ccc2c(C)cc(=O)oc2c1)c1ccc(OC)cc1. The van der Waals surface area contributed by atoms with Crippen LogP contribution in [0.2, 0.25) is 0 Å². The van der Waals surface area contributed by atoms with Gasteiger partial charge in [-0.25, -0.2) is 4.79 Å². The van der Waals surface area contributed by atoms with Gasteiger partial charge in [0.05, 0.1) is 13.2 Å². The highest BCUT2D eigenvalue weighted by Crippen LogP contribution is 2.23. The molecule has 3 aromatic rings. The standard InChI is InChI=1S/C22H23NO5/c1-4-19(15-5-7-16(26-3)8-6-15)23-21(24)13-27-17-9-10-18-14(2)11-22(25)28-20(18)12-17/h5-12,19H,4,13H2,1-3H3,(H,23,24)/t19-/m0/s1. The van der Waals surface area contributed by atoms with E-state index in [2.05, 4.69) is 5.32 Å². The molecule has 0 spiro atoms. The third kappa shape index (κ3) is 4.52. The molecule has 0 aliphatic rings. The minimum Gasteiger partial charge on any atom is -0.497 e. The number of amides is 1. The molecule has 6 heteroatoms. The van der Waals surface area contributed by atoms with E-state index in [4.69, 9.17) is 13.9 Å². The van der Waals surface area contributed by atoms with Crippen molar-refractivity contribution in [1.82, 2.24) is 5.32 Å². The summed E-state index contributed by atoms with van der Waals surface area (Å²) in [6, 6.07) is 14.1. The monoisotopic (exact) mass is 381 g/mol. The number of hydrogen-bond acceptors (Lipinski definition) is 5. The van der Waals surface area contributed by atoms with Gasteiger partial charge in [0.2, 0.25) is 0 Å². The van der Waals surface area contributed by atoms with Crippen LogP contribution in [0.5, 0.6) is 11.5 Å². The molecule has 1 atom stereocenters. The van der Waals surface area contributed by atoms with Crippen molar-refractivity contribution in [1.29, 1.82) is 0 Å². The zero-order chi connectivity index (χ0) is 20.1. The Hall–Kier alpha value is -3.28. The van der Waals surface area contributed by atoms with Crippen molar-refractivity contribution in [2.75, 3.05) is 13.7 Å². The van der Waals surface area contributed by atoms with Gasteiger partial charge in [-0.3, -0.25) is 4.79 Å². The van der Waals surface area contributed by atoms with E-state index in [0.717, 1.165) is 28.7 Å². The van der Waals surface area contributed by atoms with Crippen molar-refractivity contribution in [3.05, 3.63) is 70.1 Å². The summed E-state index contributed by atoms with van der Waals surface area (Å²) in [4.78, 5) is 23.9. The Morgan fingerprint density at radius 2 is 1.82 bits per heavy atom. The normalized spacial score (nSPS) is 11.8. The average molecular weight is 381 g/mol. The molecule has 0 radical (unpaired) electrons. The van der Waals surface area contributed by atoms with E-state index in [1.165, 1.54) is 6.07 Å². The van der Waals surface area contributed by atoms with Crippen LogP contribution in [0.25, 0.3) is 11.0 Å². The quantitative estimate of drug-likeness (QED) is 0.631. The minimum absolute atomic E-state index is 0.112. The predicted octanol–water partition coefficient (Wildman–Crippen LogP) is 3.76. The summed E-state index contributed by atoms with van der Waals surface area (Å²) in [5, 5.41) is 3.80. The van der Waals surface area contributed by atoms with Crippen LogP contribution in [-0.4, -0.2) is 19.6 Å². The lowest BCUT2D eigenvalue weighted by molar-refractivity contribution is -0.123. The van der Waals surface area contributed by atoms with Gasteiger partial charge in [-0.15, -0.1) is 0 Å². The lowest BCUT2D eigenvalue weighted by atomic mass is 10.0. The summed E-state index contributed by atoms with van der Waals surface area (Å²) in [6.07, 6.45) is 0.748. The Morgan fingerprint density at radius 1 is 1.11 bits per heavy atom. The van der Waals surface area contributed by atoms with Gasteiger partial charge in [0, 0.05) is 17.5 Å². The minimum atomic E-state index is -0.412. The Kier molecular flexibility index (Phi) is 5.99. The lowest BCUT2D eigenvalue weighted by Gasteiger charge is -2.18. The van der Waals surface area contributed by atoms with Crippen molar-refractivity contribution in [2.24, 2.45) is 0 Å². The Labute approximate surface area is 163 Å². The summed E-state index contributed by atoms with van der Waals surface area (Å²) in [5.41, 5.74) is 1.86. The highest BCUT2D eigenvalue weighted by molar-refractivity contribution is 5.82. The molecule has 1 heterocycles. The van der Waals surface area contributed by atoms with Gasteiger partial charge < -0.3 is 19.2 Å². The van der Waals surface area contributed by atoms with Crippen LogP contribution in [0.1, 0.15) is 30.5 Å². The number of methoxy groups -OCH3 is 1. The number of carbonyl (C=O) groups is 1. The smallest absolute Gasteiger partial charge is 0.336 e. The average Bonchev–Trinajstić information content (AvgIpc) is 2.70. The maximum Gasteiger partial charge on any atom is 0.336 e. The van der Waals surface area contributed by atoms with Crippen molar-refractivity contribution in [3.8, 4) is 11.5 Å². The third-order valence-electron chi connectivity index (χ3n) is 4.55. The second-order valence-electron chi connectivity index (χ2n) is 6.50. The van der Waals surface area contributed by atoms with Crippen molar-refractivity contribution < 1.29 is 18.7 Å².